The molecular formula is C40H50F4O7. The van der Waals surface area contributed by atoms with Gasteiger partial charge in [0.2, 0.25) is 6.10 Å². The molecule has 0 aliphatic rings. The third-order valence-electron chi connectivity index (χ3n) is 8.37. The standard InChI is InChI=1S/C40H50F4O7/c1-4-6-7-8-9-10-11-13-27-49-35-25-22-32(28-34(35)41)29-16-18-30(19-17-29)38(45)50-33-23-20-31(21-24-33)39(46)51-37(40(42,43)44)36(47-3)15-12-14-26-48-5-2/h16-25,28,36-37H,4-15,26-27H2,1-3H3/t36-,37-/m0/s1. The average molecular weight is 719 g/mol. The lowest BCUT2D eigenvalue weighted by Gasteiger charge is -2.27. The number of hydrogen-bond acceptors (Lipinski definition) is 7. The summed E-state index contributed by atoms with van der Waals surface area (Å²) in [6, 6.07) is 16.1. The van der Waals surface area contributed by atoms with E-state index in [0.717, 1.165) is 26.4 Å². The predicted molar refractivity (Wildman–Crippen MR) is 188 cm³/mol. The molecule has 2 atom stereocenters. The summed E-state index contributed by atoms with van der Waals surface area (Å²) in [5.41, 5.74) is 1.35. The summed E-state index contributed by atoms with van der Waals surface area (Å²) < 4.78 is 82.4. The molecule has 0 spiro atoms. The Morgan fingerprint density at radius 2 is 1.29 bits per heavy atom. The minimum atomic E-state index is -4.85. The molecule has 0 N–H and O–H groups in total. The summed E-state index contributed by atoms with van der Waals surface area (Å²) >= 11 is 0. The van der Waals surface area contributed by atoms with Crippen LogP contribution in [0.5, 0.6) is 11.5 Å². The maximum absolute atomic E-state index is 14.8. The number of ether oxygens (including phenoxy) is 5. The van der Waals surface area contributed by atoms with Crippen molar-refractivity contribution >= 4 is 11.9 Å². The van der Waals surface area contributed by atoms with Gasteiger partial charge in [-0.05, 0) is 92.3 Å². The van der Waals surface area contributed by atoms with E-state index in [2.05, 4.69) is 6.92 Å². The van der Waals surface area contributed by atoms with Crippen molar-refractivity contribution in [2.75, 3.05) is 26.9 Å². The molecule has 11 heteroatoms. The number of unbranched alkanes of at least 4 members (excludes halogenated alkanes) is 8. The fraction of sp³-hybridized carbons (Fsp3) is 0.500. The fourth-order valence-corrected chi connectivity index (χ4v) is 5.46. The molecule has 0 heterocycles. The molecule has 0 amide bonds. The lowest BCUT2D eigenvalue weighted by molar-refractivity contribution is -0.234. The van der Waals surface area contributed by atoms with Crippen LogP contribution in [0.4, 0.5) is 17.6 Å². The van der Waals surface area contributed by atoms with E-state index in [1.54, 1.807) is 24.3 Å². The minimum absolute atomic E-state index is 0.0223. The van der Waals surface area contributed by atoms with Gasteiger partial charge in [-0.15, -0.1) is 0 Å². The molecule has 0 fully saturated rings. The Morgan fingerprint density at radius 3 is 1.90 bits per heavy atom. The topological polar surface area (TPSA) is 80.3 Å². The fourth-order valence-electron chi connectivity index (χ4n) is 5.46. The average Bonchev–Trinajstić information content (AvgIpc) is 3.12. The summed E-state index contributed by atoms with van der Waals surface area (Å²) in [5.74, 6) is -2.09. The van der Waals surface area contributed by atoms with Gasteiger partial charge in [-0.1, -0.05) is 70.1 Å². The van der Waals surface area contributed by atoms with E-state index >= 15 is 0 Å². The Morgan fingerprint density at radius 1 is 0.706 bits per heavy atom. The van der Waals surface area contributed by atoms with E-state index in [1.807, 2.05) is 6.92 Å². The van der Waals surface area contributed by atoms with Gasteiger partial charge in [0, 0.05) is 20.3 Å². The second kappa shape index (κ2) is 22.1. The van der Waals surface area contributed by atoms with Crippen molar-refractivity contribution in [1.29, 1.82) is 0 Å². The molecular weight excluding hydrogens is 668 g/mol. The van der Waals surface area contributed by atoms with E-state index in [0.29, 0.717) is 43.8 Å². The zero-order valence-electron chi connectivity index (χ0n) is 29.8. The van der Waals surface area contributed by atoms with Crippen LogP contribution in [0, 0.1) is 5.82 Å². The lowest BCUT2D eigenvalue weighted by atomic mass is 10.0. The largest absolute Gasteiger partial charge is 0.491 e. The maximum Gasteiger partial charge on any atom is 0.428 e. The summed E-state index contributed by atoms with van der Waals surface area (Å²) in [6.07, 6.45) is 1.61. The molecule has 0 aliphatic carbocycles. The van der Waals surface area contributed by atoms with Crippen molar-refractivity contribution in [3.8, 4) is 22.6 Å². The highest BCUT2D eigenvalue weighted by Gasteiger charge is 2.48. The quantitative estimate of drug-likeness (QED) is 0.0418. The van der Waals surface area contributed by atoms with Gasteiger partial charge in [-0.2, -0.15) is 13.2 Å². The monoisotopic (exact) mass is 718 g/mol. The molecule has 3 rings (SSSR count). The summed E-state index contributed by atoms with van der Waals surface area (Å²) in [5, 5.41) is 0. The number of esters is 2. The third kappa shape index (κ3) is 14.3. The SMILES string of the molecule is CCCCCCCCCCOc1ccc(-c2ccc(C(=O)Oc3ccc(C(=O)O[C@@H]([C@H](CCCCOCC)OC)C(F)(F)F)cc3)cc2)cc1F. The number of hydrogen-bond donors (Lipinski definition) is 0. The highest BCUT2D eigenvalue weighted by Crippen LogP contribution is 2.30. The molecule has 3 aromatic rings. The van der Waals surface area contributed by atoms with Crippen LogP contribution in [0.2, 0.25) is 0 Å². The predicted octanol–water partition coefficient (Wildman–Crippen LogP) is 10.5. The van der Waals surface area contributed by atoms with Crippen LogP contribution in [0.3, 0.4) is 0 Å². The van der Waals surface area contributed by atoms with E-state index in [9.17, 15) is 27.2 Å². The molecule has 0 aromatic heterocycles. The van der Waals surface area contributed by atoms with Crippen LogP contribution in [-0.4, -0.2) is 57.3 Å². The third-order valence-corrected chi connectivity index (χ3v) is 8.37. The minimum Gasteiger partial charge on any atom is -0.491 e. The van der Waals surface area contributed by atoms with Crippen LogP contribution in [0.25, 0.3) is 11.1 Å². The molecule has 7 nitrogen and oxygen atoms in total. The first kappa shape index (κ1) is 41.5. The molecule has 280 valence electrons. The van der Waals surface area contributed by atoms with Crippen LogP contribution in [0.15, 0.2) is 66.7 Å². The Kier molecular flexibility index (Phi) is 17.9. The first-order valence-electron chi connectivity index (χ1n) is 17.8. The van der Waals surface area contributed by atoms with E-state index in [-0.39, 0.29) is 29.0 Å². The van der Waals surface area contributed by atoms with Crippen molar-refractivity contribution in [2.24, 2.45) is 0 Å². The van der Waals surface area contributed by atoms with Gasteiger partial charge >= 0.3 is 18.1 Å². The first-order chi connectivity index (χ1) is 24.6. The number of alkyl halides is 3. The van der Waals surface area contributed by atoms with Crippen LogP contribution >= 0.6 is 0 Å². The van der Waals surface area contributed by atoms with E-state index in [1.165, 1.54) is 74.6 Å². The summed E-state index contributed by atoms with van der Waals surface area (Å²) in [4.78, 5) is 25.4. The lowest BCUT2D eigenvalue weighted by Crippen LogP contribution is -2.44. The number of carbonyl (C=O) groups excluding carboxylic acids is 2. The number of benzene rings is 3. The molecule has 3 aromatic carbocycles. The zero-order chi connectivity index (χ0) is 37.1. The molecule has 0 saturated heterocycles. The van der Waals surface area contributed by atoms with Crippen molar-refractivity contribution in [2.45, 2.75) is 103 Å². The highest BCUT2D eigenvalue weighted by molar-refractivity contribution is 5.92. The molecule has 0 radical (unpaired) electrons. The van der Waals surface area contributed by atoms with Gasteiger partial charge in [0.15, 0.2) is 11.6 Å². The van der Waals surface area contributed by atoms with Crippen molar-refractivity contribution in [1.82, 2.24) is 0 Å². The van der Waals surface area contributed by atoms with Crippen LogP contribution < -0.4 is 9.47 Å². The van der Waals surface area contributed by atoms with Crippen molar-refractivity contribution in [3.63, 3.8) is 0 Å². The Labute approximate surface area is 298 Å². The Hall–Kier alpha value is -3.96. The van der Waals surface area contributed by atoms with E-state index < -0.39 is 36.1 Å². The smallest absolute Gasteiger partial charge is 0.428 e. The Bertz CT molecular complexity index is 1460. The first-order valence-corrected chi connectivity index (χ1v) is 17.8. The van der Waals surface area contributed by atoms with Gasteiger partial charge in [-0.3, -0.25) is 0 Å². The van der Waals surface area contributed by atoms with Gasteiger partial charge in [0.05, 0.1) is 17.7 Å². The molecule has 0 unspecified atom stereocenters. The number of carbonyl (C=O) groups is 2. The van der Waals surface area contributed by atoms with Crippen LogP contribution in [0.1, 0.15) is 105 Å². The number of halogens is 4. The normalized spacial score (nSPS) is 12.7. The van der Waals surface area contributed by atoms with Crippen LogP contribution in [-0.2, 0) is 14.2 Å². The number of methoxy groups -OCH3 is 1. The van der Waals surface area contributed by atoms with E-state index in [4.69, 9.17) is 23.7 Å². The van der Waals surface area contributed by atoms with Crippen molar-refractivity contribution in [3.05, 3.63) is 83.7 Å². The van der Waals surface area contributed by atoms with Gasteiger partial charge < -0.3 is 23.7 Å². The van der Waals surface area contributed by atoms with Gasteiger partial charge in [-0.25, -0.2) is 14.0 Å². The second-order valence-electron chi connectivity index (χ2n) is 12.3. The highest BCUT2D eigenvalue weighted by atomic mass is 19.4. The molecule has 51 heavy (non-hydrogen) atoms. The second-order valence-corrected chi connectivity index (χ2v) is 12.3. The molecule has 0 saturated carbocycles. The summed E-state index contributed by atoms with van der Waals surface area (Å²) in [7, 11) is 1.14. The summed E-state index contributed by atoms with van der Waals surface area (Å²) in [6.45, 7) is 5.41. The Balaban J connectivity index is 1.51. The van der Waals surface area contributed by atoms with Gasteiger partial charge in [0.25, 0.3) is 0 Å². The maximum atomic E-state index is 14.8. The number of rotatable bonds is 23. The zero-order valence-corrected chi connectivity index (χ0v) is 29.8. The van der Waals surface area contributed by atoms with Gasteiger partial charge in [0.1, 0.15) is 11.9 Å². The molecule has 0 bridgehead atoms. The van der Waals surface area contributed by atoms with Crippen molar-refractivity contribution < 1.29 is 50.8 Å². The molecule has 0 aliphatic heterocycles.